The summed E-state index contributed by atoms with van der Waals surface area (Å²) >= 11 is 0. The van der Waals surface area contributed by atoms with Crippen LogP contribution in [0, 0.1) is 5.82 Å². The van der Waals surface area contributed by atoms with Crippen LogP contribution in [0.4, 0.5) is 4.39 Å². The SMILES string of the molecule is CCOC1CC(NCc2cn[nH]c2-c2ccccc2F)C1. The minimum atomic E-state index is -0.233. The number of rotatable bonds is 6. The van der Waals surface area contributed by atoms with Crippen LogP contribution in [0.1, 0.15) is 25.3 Å². The van der Waals surface area contributed by atoms with E-state index in [1.807, 2.05) is 13.0 Å². The predicted molar refractivity (Wildman–Crippen MR) is 79.3 cm³/mol. The molecule has 0 amide bonds. The van der Waals surface area contributed by atoms with E-state index < -0.39 is 0 Å². The molecule has 112 valence electrons. The van der Waals surface area contributed by atoms with E-state index >= 15 is 0 Å². The highest BCUT2D eigenvalue weighted by molar-refractivity contribution is 5.63. The third-order valence-corrected chi connectivity index (χ3v) is 3.94. The van der Waals surface area contributed by atoms with Crippen LogP contribution in [0.2, 0.25) is 0 Å². The second-order valence-electron chi connectivity index (χ2n) is 5.38. The Labute approximate surface area is 123 Å². The molecule has 21 heavy (non-hydrogen) atoms. The second kappa shape index (κ2) is 6.37. The van der Waals surface area contributed by atoms with Crippen molar-refractivity contribution in [3.63, 3.8) is 0 Å². The summed E-state index contributed by atoms with van der Waals surface area (Å²) in [4.78, 5) is 0. The lowest BCUT2D eigenvalue weighted by Gasteiger charge is -2.35. The fraction of sp³-hybridized carbons (Fsp3) is 0.438. The van der Waals surface area contributed by atoms with Crippen molar-refractivity contribution in [3.05, 3.63) is 41.8 Å². The first kappa shape index (κ1) is 14.2. The van der Waals surface area contributed by atoms with Crippen molar-refractivity contribution in [1.82, 2.24) is 15.5 Å². The Morgan fingerprint density at radius 3 is 2.95 bits per heavy atom. The van der Waals surface area contributed by atoms with Crippen LogP contribution in [0.15, 0.2) is 30.5 Å². The van der Waals surface area contributed by atoms with Crippen molar-refractivity contribution in [2.45, 2.75) is 38.5 Å². The predicted octanol–water partition coefficient (Wildman–Crippen LogP) is 2.87. The van der Waals surface area contributed by atoms with Gasteiger partial charge in [-0.1, -0.05) is 12.1 Å². The van der Waals surface area contributed by atoms with E-state index in [-0.39, 0.29) is 5.82 Å². The molecule has 2 N–H and O–H groups in total. The molecule has 0 saturated heterocycles. The Bertz CT molecular complexity index is 593. The van der Waals surface area contributed by atoms with Crippen LogP contribution in [0.3, 0.4) is 0 Å². The summed E-state index contributed by atoms with van der Waals surface area (Å²) in [7, 11) is 0. The lowest BCUT2D eigenvalue weighted by Crippen LogP contribution is -2.45. The minimum absolute atomic E-state index is 0.233. The van der Waals surface area contributed by atoms with Crippen molar-refractivity contribution in [1.29, 1.82) is 0 Å². The molecule has 1 aromatic heterocycles. The van der Waals surface area contributed by atoms with E-state index in [4.69, 9.17) is 4.74 Å². The molecule has 4 nitrogen and oxygen atoms in total. The summed E-state index contributed by atoms with van der Waals surface area (Å²) in [6, 6.07) is 7.22. The normalized spacial score (nSPS) is 21.2. The molecule has 2 aromatic rings. The van der Waals surface area contributed by atoms with Gasteiger partial charge in [-0.25, -0.2) is 4.39 Å². The minimum Gasteiger partial charge on any atom is -0.378 e. The molecular weight excluding hydrogens is 269 g/mol. The maximum atomic E-state index is 13.9. The Morgan fingerprint density at radius 2 is 2.19 bits per heavy atom. The zero-order valence-electron chi connectivity index (χ0n) is 12.1. The standard InChI is InChI=1S/C16H20FN3O/c1-2-21-13-7-12(8-13)18-9-11-10-19-20-16(11)14-5-3-4-6-15(14)17/h3-6,10,12-13,18H,2,7-9H2,1H3,(H,19,20). The summed E-state index contributed by atoms with van der Waals surface area (Å²) in [5, 5.41) is 10.4. The molecule has 1 fully saturated rings. The molecular formula is C16H20FN3O. The van der Waals surface area contributed by atoms with E-state index in [0.717, 1.165) is 30.7 Å². The molecule has 5 heteroatoms. The fourth-order valence-corrected chi connectivity index (χ4v) is 2.70. The van der Waals surface area contributed by atoms with Crippen LogP contribution in [0.25, 0.3) is 11.3 Å². The van der Waals surface area contributed by atoms with Gasteiger partial charge >= 0.3 is 0 Å². The first-order chi connectivity index (χ1) is 10.3. The van der Waals surface area contributed by atoms with E-state index in [1.165, 1.54) is 6.07 Å². The Kier molecular flexibility index (Phi) is 4.31. The highest BCUT2D eigenvalue weighted by atomic mass is 19.1. The lowest BCUT2D eigenvalue weighted by atomic mass is 9.89. The maximum absolute atomic E-state index is 13.9. The molecule has 0 aliphatic heterocycles. The topological polar surface area (TPSA) is 49.9 Å². The summed E-state index contributed by atoms with van der Waals surface area (Å²) in [5.41, 5.74) is 2.30. The number of hydrogen-bond donors (Lipinski definition) is 2. The van der Waals surface area contributed by atoms with E-state index in [1.54, 1.807) is 18.3 Å². The highest BCUT2D eigenvalue weighted by Crippen LogP contribution is 2.26. The van der Waals surface area contributed by atoms with Crippen LogP contribution in [-0.4, -0.2) is 29.0 Å². The van der Waals surface area contributed by atoms with Crippen LogP contribution >= 0.6 is 0 Å². The third kappa shape index (κ3) is 3.14. The van der Waals surface area contributed by atoms with Gasteiger partial charge in [-0.05, 0) is 31.9 Å². The molecule has 0 atom stereocenters. The zero-order valence-corrected chi connectivity index (χ0v) is 12.1. The van der Waals surface area contributed by atoms with Crippen molar-refractivity contribution in [3.8, 4) is 11.3 Å². The van der Waals surface area contributed by atoms with E-state index in [0.29, 0.717) is 24.3 Å². The monoisotopic (exact) mass is 289 g/mol. The Hall–Kier alpha value is -1.72. The number of aromatic nitrogens is 2. The van der Waals surface area contributed by atoms with E-state index in [9.17, 15) is 4.39 Å². The van der Waals surface area contributed by atoms with E-state index in [2.05, 4.69) is 15.5 Å². The molecule has 1 aromatic carbocycles. The van der Waals surface area contributed by atoms with Crippen molar-refractivity contribution in [2.75, 3.05) is 6.61 Å². The van der Waals surface area contributed by atoms with Crippen LogP contribution < -0.4 is 5.32 Å². The number of aromatic amines is 1. The fourth-order valence-electron chi connectivity index (χ4n) is 2.70. The molecule has 0 bridgehead atoms. The van der Waals surface area contributed by atoms with Crippen molar-refractivity contribution >= 4 is 0 Å². The van der Waals surface area contributed by atoms with Gasteiger partial charge < -0.3 is 10.1 Å². The third-order valence-electron chi connectivity index (χ3n) is 3.94. The number of hydrogen-bond acceptors (Lipinski definition) is 3. The Morgan fingerprint density at radius 1 is 1.38 bits per heavy atom. The second-order valence-corrected chi connectivity index (χ2v) is 5.38. The number of ether oxygens (including phenoxy) is 1. The maximum Gasteiger partial charge on any atom is 0.132 e. The summed E-state index contributed by atoms with van der Waals surface area (Å²) < 4.78 is 19.4. The van der Waals surface area contributed by atoms with Crippen molar-refractivity contribution in [2.24, 2.45) is 0 Å². The van der Waals surface area contributed by atoms with Gasteiger partial charge in [0.05, 0.1) is 18.0 Å². The van der Waals surface area contributed by atoms with Gasteiger partial charge in [0, 0.05) is 30.3 Å². The average molecular weight is 289 g/mol. The van der Waals surface area contributed by atoms with Gasteiger partial charge in [-0.2, -0.15) is 5.10 Å². The molecule has 0 unspecified atom stereocenters. The molecule has 3 rings (SSSR count). The molecule has 0 spiro atoms. The summed E-state index contributed by atoms with van der Waals surface area (Å²) in [6.45, 7) is 3.48. The van der Waals surface area contributed by atoms with Crippen LogP contribution in [-0.2, 0) is 11.3 Å². The van der Waals surface area contributed by atoms with Gasteiger partial charge in [0.2, 0.25) is 0 Å². The average Bonchev–Trinajstić information content (AvgIpc) is 2.90. The lowest BCUT2D eigenvalue weighted by molar-refractivity contribution is -0.0102. The molecule has 1 saturated carbocycles. The number of H-pyrrole nitrogens is 1. The number of nitrogens with one attached hydrogen (secondary N) is 2. The largest absolute Gasteiger partial charge is 0.378 e. The summed E-state index contributed by atoms with van der Waals surface area (Å²) in [5.74, 6) is -0.233. The number of benzene rings is 1. The molecule has 1 aliphatic rings. The van der Waals surface area contributed by atoms with Gasteiger partial charge in [0.25, 0.3) is 0 Å². The van der Waals surface area contributed by atoms with Crippen molar-refractivity contribution < 1.29 is 9.13 Å². The van der Waals surface area contributed by atoms with Gasteiger partial charge in [0.15, 0.2) is 0 Å². The zero-order chi connectivity index (χ0) is 14.7. The quantitative estimate of drug-likeness (QED) is 0.859. The number of nitrogens with zero attached hydrogens (tertiary/aromatic N) is 1. The summed E-state index contributed by atoms with van der Waals surface area (Å²) in [6.07, 6.45) is 4.23. The smallest absolute Gasteiger partial charge is 0.132 e. The number of halogens is 1. The van der Waals surface area contributed by atoms with Crippen LogP contribution in [0.5, 0.6) is 0 Å². The molecule has 0 radical (unpaired) electrons. The molecule has 1 heterocycles. The Balaban J connectivity index is 1.61. The molecule has 1 aliphatic carbocycles. The highest BCUT2D eigenvalue weighted by Gasteiger charge is 2.29. The first-order valence-electron chi connectivity index (χ1n) is 7.40. The first-order valence-corrected chi connectivity index (χ1v) is 7.40. The van der Waals surface area contributed by atoms with Gasteiger partial charge in [0.1, 0.15) is 5.82 Å². The van der Waals surface area contributed by atoms with Gasteiger partial charge in [-0.15, -0.1) is 0 Å². The van der Waals surface area contributed by atoms with Gasteiger partial charge in [-0.3, -0.25) is 5.10 Å².